The molecule has 0 aliphatic heterocycles. The maximum atomic E-state index is 6.47. The van der Waals surface area contributed by atoms with E-state index >= 15 is 0 Å². The Bertz CT molecular complexity index is 2710. The van der Waals surface area contributed by atoms with Crippen LogP contribution < -0.4 is 0 Å². The van der Waals surface area contributed by atoms with E-state index < -0.39 is 0 Å². The Kier molecular flexibility index (Phi) is 5.00. The van der Waals surface area contributed by atoms with Crippen molar-refractivity contribution in [2.45, 2.75) is 0 Å². The fourth-order valence-electron chi connectivity index (χ4n) is 7.35. The van der Waals surface area contributed by atoms with Gasteiger partial charge >= 0.3 is 0 Å². The number of aromatic nitrogens is 2. The summed E-state index contributed by atoms with van der Waals surface area (Å²) in [5.41, 5.74) is 11.1. The van der Waals surface area contributed by atoms with Gasteiger partial charge in [-0.25, -0.2) is 0 Å². The number of para-hydroxylation sites is 5. The first-order valence-electron chi connectivity index (χ1n) is 15.4. The lowest BCUT2D eigenvalue weighted by Gasteiger charge is -2.15. The SMILES string of the molecule is c1ccc(-n2c3ccccc3c3cc(-c4cc5c(cc4-n4c6ccccc6c6ccccc64)oc4ccccc45)ccc32)cc1. The highest BCUT2D eigenvalue weighted by Gasteiger charge is 2.20. The minimum Gasteiger partial charge on any atom is -0.456 e. The highest BCUT2D eigenvalue weighted by Crippen LogP contribution is 2.42. The summed E-state index contributed by atoms with van der Waals surface area (Å²) in [6.45, 7) is 0. The first kappa shape index (κ1) is 24.4. The lowest BCUT2D eigenvalue weighted by Crippen LogP contribution is -1.97. The average Bonchev–Trinajstić information content (AvgIpc) is 3.75. The van der Waals surface area contributed by atoms with Crippen molar-refractivity contribution in [3.05, 3.63) is 158 Å². The maximum absolute atomic E-state index is 6.47. The van der Waals surface area contributed by atoms with Crippen LogP contribution >= 0.6 is 0 Å². The minimum absolute atomic E-state index is 0.888. The molecule has 0 bridgehead atoms. The molecule has 0 N–H and O–H groups in total. The molecule has 0 radical (unpaired) electrons. The van der Waals surface area contributed by atoms with Gasteiger partial charge in [0, 0.05) is 49.6 Å². The number of nitrogens with zero attached hydrogens (tertiary/aromatic N) is 2. The van der Waals surface area contributed by atoms with Crippen molar-refractivity contribution in [3.63, 3.8) is 0 Å². The number of fused-ring (bicyclic) bond motifs is 9. The lowest BCUT2D eigenvalue weighted by molar-refractivity contribution is 0.668. The smallest absolute Gasteiger partial charge is 0.137 e. The summed E-state index contributed by atoms with van der Waals surface area (Å²) >= 11 is 0. The molecule has 0 saturated heterocycles. The Morgan fingerprint density at radius 3 is 1.62 bits per heavy atom. The van der Waals surface area contributed by atoms with E-state index in [-0.39, 0.29) is 0 Å². The van der Waals surface area contributed by atoms with Gasteiger partial charge in [-0.1, -0.05) is 97.1 Å². The number of rotatable bonds is 3. The Morgan fingerprint density at radius 1 is 0.356 bits per heavy atom. The zero-order valence-electron chi connectivity index (χ0n) is 24.3. The van der Waals surface area contributed by atoms with Crippen LogP contribution in [0.3, 0.4) is 0 Å². The van der Waals surface area contributed by atoms with Gasteiger partial charge in [-0.05, 0) is 60.2 Å². The Balaban J connectivity index is 1.33. The van der Waals surface area contributed by atoms with Crippen molar-refractivity contribution < 1.29 is 4.42 Å². The standard InChI is InChI=1S/C42H26N2O/c1-2-12-28(13-3-1)43-36-18-8-6-16-31(36)34-24-27(22-23-39(34)43)33-25-35-32-17-7-11-21-41(32)45-42(35)26-40(33)44-37-19-9-4-14-29(37)30-15-5-10-20-38(30)44/h1-26H. The molecule has 0 fully saturated rings. The molecule has 3 heterocycles. The van der Waals surface area contributed by atoms with Crippen molar-refractivity contribution in [1.82, 2.24) is 9.13 Å². The molecule has 210 valence electrons. The van der Waals surface area contributed by atoms with Crippen molar-refractivity contribution in [3.8, 4) is 22.5 Å². The monoisotopic (exact) mass is 574 g/mol. The van der Waals surface area contributed by atoms with Crippen molar-refractivity contribution in [2.24, 2.45) is 0 Å². The molecule has 3 heteroatoms. The molecule has 0 atom stereocenters. The summed E-state index contributed by atoms with van der Waals surface area (Å²) in [6.07, 6.45) is 0. The summed E-state index contributed by atoms with van der Waals surface area (Å²) in [5, 5.41) is 7.21. The summed E-state index contributed by atoms with van der Waals surface area (Å²) in [7, 11) is 0. The molecule has 0 aliphatic rings. The van der Waals surface area contributed by atoms with E-state index in [1.165, 1.54) is 54.7 Å². The zero-order chi connectivity index (χ0) is 29.5. The van der Waals surface area contributed by atoms with E-state index in [1.807, 2.05) is 6.07 Å². The normalized spacial score (nSPS) is 12.0. The molecule has 10 aromatic rings. The van der Waals surface area contributed by atoms with E-state index in [0.29, 0.717) is 0 Å². The third-order valence-corrected chi connectivity index (χ3v) is 9.31. The Morgan fingerprint density at radius 2 is 0.911 bits per heavy atom. The quantitative estimate of drug-likeness (QED) is 0.206. The number of benzene rings is 7. The minimum atomic E-state index is 0.888. The Hall–Kier alpha value is -6.06. The molecule has 45 heavy (non-hydrogen) atoms. The summed E-state index contributed by atoms with van der Waals surface area (Å²) in [5.74, 6) is 0. The van der Waals surface area contributed by atoms with Gasteiger partial charge in [0.15, 0.2) is 0 Å². The van der Waals surface area contributed by atoms with Crippen LogP contribution in [0.1, 0.15) is 0 Å². The highest BCUT2D eigenvalue weighted by molar-refractivity contribution is 6.14. The molecular formula is C42H26N2O. The van der Waals surface area contributed by atoms with Crippen LogP contribution in [-0.4, -0.2) is 9.13 Å². The van der Waals surface area contributed by atoms with E-state index in [9.17, 15) is 0 Å². The van der Waals surface area contributed by atoms with Crippen LogP contribution in [0.15, 0.2) is 162 Å². The predicted molar refractivity (Wildman–Crippen MR) is 188 cm³/mol. The topological polar surface area (TPSA) is 23.0 Å². The molecule has 0 aliphatic carbocycles. The number of furan rings is 1. The maximum Gasteiger partial charge on any atom is 0.137 e. The van der Waals surface area contributed by atoms with Gasteiger partial charge in [-0.15, -0.1) is 0 Å². The predicted octanol–water partition coefficient (Wildman–Crippen LogP) is 11.4. The zero-order valence-corrected chi connectivity index (χ0v) is 24.3. The van der Waals surface area contributed by atoms with Crippen molar-refractivity contribution >= 4 is 65.6 Å². The third kappa shape index (κ3) is 3.46. The Labute approximate surface area is 258 Å². The molecule has 0 amide bonds. The fraction of sp³-hybridized carbons (Fsp3) is 0. The second kappa shape index (κ2) is 9.22. The molecule has 3 nitrogen and oxygen atoms in total. The van der Waals surface area contributed by atoms with Gasteiger partial charge in [0.05, 0.1) is 27.8 Å². The first-order chi connectivity index (χ1) is 22.3. The third-order valence-electron chi connectivity index (χ3n) is 9.31. The van der Waals surface area contributed by atoms with Crippen LogP contribution in [0.2, 0.25) is 0 Å². The molecule has 10 rings (SSSR count). The molecular weight excluding hydrogens is 548 g/mol. The van der Waals surface area contributed by atoms with Crippen LogP contribution in [0.5, 0.6) is 0 Å². The highest BCUT2D eigenvalue weighted by atomic mass is 16.3. The van der Waals surface area contributed by atoms with Crippen LogP contribution in [-0.2, 0) is 0 Å². The van der Waals surface area contributed by atoms with Crippen LogP contribution in [0, 0.1) is 0 Å². The second-order valence-corrected chi connectivity index (χ2v) is 11.8. The molecule has 0 saturated carbocycles. The largest absolute Gasteiger partial charge is 0.456 e. The molecule has 0 spiro atoms. The molecule has 0 unspecified atom stereocenters. The average molecular weight is 575 g/mol. The fourth-order valence-corrected chi connectivity index (χ4v) is 7.35. The lowest BCUT2D eigenvalue weighted by atomic mass is 9.98. The van der Waals surface area contributed by atoms with Gasteiger partial charge in [0.25, 0.3) is 0 Å². The number of hydrogen-bond acceptors (Lipinski definition) is 1. The van der Waals surface area contributed by atoms with E-state index in [4.69, 9.17) is 4.42 Å². The molecule has 7 aromatic carbocycles. The van der Waals surface area contributed by atoms with Gasteiger partial charge in [0.2, 0.25) is 0 Å². The molecule has 3 aromatic heterocycles. The van der Waals surface area contributed by atoms with E-state index in [2.05, 4.69) is 161 Å². The van der Waals surface area contributed by atoms with E-state index in [1.54, 1.807) is 0 Å². The number of hydrogen-bond donors (Lipinski definition) is 0. The van der Waals surface area contributed by atoms with E-state index in [0.717, 1.165) is 33.3 Å². The summed E-state index contributed by atoms with van der Waals surface area (Å²) in [4.78, 5) is 0. The van der Waals surface area contributed by atoms with Crippen molar-refractivity contribution in [2.75, 3.05) is 0 Å². The van der Waals surface area contributed by atoms with Gasteiger partial charge in [0.1, 0.15) is 11.2 Å². The second-order valence-electron chi connectivity index (χ2n) is 11.8. The van der Waals surface area contributed by atoms with Gasteiger partial charge in [-0.3, -0.25) is 0 Å². The van der Waals surface area contributed by atoms with Crippen molar-refractivity contribution in [1.29, 1.82) is 0 Å². The summed E-state index contributed by atoms with van der Waals surface area (Å²) < 4.78 is 11.2. The first-order valence-corrected chi connectivity index (χ1v) is 15.4. The van der Waals surface area contributed by atoms with Crippen LogP contribution in [0.4, 0.5) is 0 Å². The van der Waals surface area contributed by atoms with Gasteiger partial charge < -0.3 is 13.6 Å². The summed E-state index contributed by atoms with van der Waals surface area (Å²) in [6, 6.07) is 56.6. The van der Waals surface area contributed by atoms with Crippen LogP contribution in [0.25, 0.3) is 88.1 Å². The van der Waals surface area contributed by atoms with Gasteiger partial charge in [-0.2, -0.15) is 0 Å².